The molecule has 0 radical (unpaired) electrons. The highest BCUT2D eigenvalue weighted by Gasteiger charge is 2.45. The number of rotatable bonds is 3. The zero-order valence-corrected chi connectivity index (χ0v) is 16.0. The summed E-state index contributed by atoms with van der Waals surface area (Å²) in [5, 5.41) is 0. The molecule has 0 saturated heterocycles. The number of allylic oxidation sites excluding steroid dienone is 4. The molecule has 25 heavy (non-hydrogen) atoms. The van der Waals surface area contributed by atoms with Gasteiger partial charge >= 0.3 is 0 Å². The number of carbonyl (C=O) groups excluding carboxylic acids is 2. The number of carbonyl (C=O) groups is 2. The van der Waals surface area contributed by atoms with Crippen LogP contribution >= 0.6 is 0 Å². The molecule has 3 atom stereocenters. The second-order valence-corrected chi connectivity index (χ2v) is 8.57. The van der Waals surface area contributed by atoms with Crippen LogP contribution < -0.4 is 0 Å². The maximum Gasteiger partial charge on any atom is 0.176 e. The van der Waals surface area contributed by atoms with Crippen molar-refractivity contribution in [2.45, 2.75) is 51.9 Å². The summed E-state index contributed by atoms with van der Waals surface area (Å²) in [6.07, 6.45) is 1.70. The zero-order valence-electron chi connectivity index (χ0n) is 15.2. The van der Waals surface area contributed by atoms with Gasteiger partial charge in [0.05, 0.1) is 15.7 Å². The van der Waals surface area contributed by atoms with Gasteiger partial charge in [0, 0.05) is 22.3 Å². The minimum atomic E-state index is -1.60. The maximum atomic E-state index is 13.2. The van der Waals surface area contributed by atoms with Gasteiger partial charge in [0.2, 0.25) is 0 Å². The summed E-state index contributed by atoms with van der Waals surface area (Å²) in [4.78, 5) is 27.0. The van der Waals surface area contributed by atoms with Gasteiger partial charge in [-0.15, -0.1) is 0 Å². The van der Waals surface area contributed by atoms with E-state index in [4.69, 9.17) is 0 Å². The van der Waals surface area contributed by atoms with E-state index in [0.717, 1.165) is 5.56 Å². The van der Waals surface area contributed by atoms with E-state index in [-0.39, 0.29) is 28.3 Å². The molecule has 0 saturated carbocycles. The van der Waals surface area contributed by atoms with E-state index in [1.807, 2.05) is 39.8 Å². The van der Waals surface area contributed by atoms with Crippen molar-refractivity contribution in [2.24, 2.45) is 11.8 Å². The molecule has 1 aromatic carbocycles. The Labute approximate surface area is 151 Å². The lowest BCUT2D eigenvalue weighted by Gasteiger charge is -2.36. The fourth-order valence-electron chi connectivity index (χ4n) is 3.81. The lowest BCUT2D eigenvalue weighted by atomic mass is 9.68. The summed E-state index contributed by atoms with van der Waals surface area (Å²) in [6, 6.07) is 7.33. The predicted molar refractivity (Wildman–Crippen MR) is 99.5 cm³/mol. The molecule has 4 heteroatoms. The molecule has 0 aromatic heterocycles. The van der Waals surface area contributed by atoms with E-state index < -0.39 is 10.8 Å². The third-order valence-corrected chi connectivity index (χ3v) is 7.03. The highest BCUT2D eigenvalue weighted by atomic mass is 32.2. The van der Waals surface area contributed by atoms with Crippen LogP contribution in [-0.2, 0) is 20.4 Å². The van der Waals surface area contributed by atoms with Gasteiger partial charge < -0.3 is 0 Å². The molecule has 2 aliphatic carbocycles. The van der Waals surface area contributed by atoms with Crippen LogP contribution in [0.3, 0.4) is 0 Å². The van der Waals surface area contributed by atoms with Crippen molar-refractivity contribution >= 4 is 22.4 Å². The predicted octanol–water partition coefficient (Wildman–Crippen LogP) is 4.28. The second-order valence-electron chi connectivity index (χ2n) is 7.15. The lowest BCUT2D eigenvalue weighted by Crippen LogP contribution is -2.40. The SMILES string of the molecule is CCC1=C([S@@](=O)c2ccc(C)cc2)C(=O)[C@@H]2CC(C)=C(C)C[C@@H]2C1=O. The number of aryl methyl sites for hydroxylation is 1. The molecule has 3 rings (SSSR count). The molecule has 0 heterocycles. The van der Waals surface area contributed by atoms with Crippen molar-refractivity contribution in [2.75, 3.05) is 0 Å². The van der Waals surface area contributed by atoms with Gasteiger partial charge in [-0.3, -0.25) is 9.59 Å². The average molecular weight is 356 g/mol. The van der Waals surface area contributed by atoms with Gasteiger partial charge in [-0.2, -0.15) is 0 Å². The number of fused-ring (bicyclic) bond motifs is 1. The van der Waals surface area contributed by atoms with Crippen LogP contribution in [0.2, 0.25) is 0 Å². The van der Waals surface area contributed by atoms with E-state index >= 15 is 0 Å². The van der Waals surface area contributed by atoms with Crippen LogP contribution in [0, 0.1) is 18.8 Å². The van der Waals surface area contributed by atoms with Crippen LogP contribution in [0.15, 0.2) is 50.8 Å². The first-order chi connectivity index (χ1) is 11.8. The zero-order chi connectivity index (χ0) is 18.3. The molecule has 0 bridgehead atoms. The number of Topliss-reactive ketones (excluding diaryl/α,β-unsaturated/α-hetero) is 2. The van der Waals surface area contributed by atoms with Crippen molar-refractivity contribution in [3.05, 3.63) is 51.5 Å². The van der Waals surface area contributed by atoms with Crippen LogP contribution in [0.25, 0.3) is 0 Å². The molecule has 0 fully saturated rings. The first kappa shape index (κ1) is 18.0. The Morgan fingerprint density at radius 2 is 1.44 bits per heavy atom. The summed E-state index contributed by atoms with van der Waals surface area (Å²) in [6.45, 7) is 7.89. The third kappa shape index (κ3) is 3.08. The third-order valence-electron chi connectivity index (χ3n) is 5.51. The Bertz CT molecular complexity index is 827. The molecule has 132 valence electrons. The Hall–Kier alpha value is -1.81. The first-order valence-electron chi connectivity index (χ1n) is 8.80. The molecule has 0 spiro atoms. The minimum absolute atomic E-state index is 0.0226. The van der Waals surface area contributed by atoms with Crippen LogP contribution in [-0.4, -0.2) is 15.8 Å². The number of benzene rings is 1. The summed E-state index contributed by atoms with van der Waals surface area (Å²) in [5.74, 6) is -0.692. The standard InChI is InChI=1S/C21H24O3S/c1-5-16-19(22)17-10-13(3)14(4)11-18(17)20(23)21(16)25(24)15-8-6-12(2)7-9-15/h6-9,17-18H,5,10-11H2,1-4H3/t17-,18+,25-/m0/s1. The Kier molecular flexibility index (Phi) is 4.92. The van der Waals surface area contributed by atoms with E-state index in [2.05, 4.69) is 0 Å². The topological polar surface area (TPSA) is 51.2 Å². The normalized spacial score (nSPS) is 25.3. The Morgan fingerprint density at radius 3 is 1.96 bits per heavy atom. The van der Waals surface area contributed by atoms with Gasteiger partial charge in [-0.1, -0.05) is 35.8 Å². The van der Waals surface area contributed by atoms with Crippen molar-refractivity contribution < 1.29 is 13.8 Å². The van der Waals surface area contributed by atoms with Gasteiger partial charge in [-0.05, 0) is 52.2 Å². The largest absolute Gasteiger partial charge is 0.294 e. The minimum Gasteiger partial charge on any atom is -0.294 e. The quantitative estimate of drug-likeness (QED) is 0.760. The Morgan fingerprint density at radius 1 is 0.920 bits per heavy atom. The average Bonchev–Trinajstić information content (AvgIpc) is 2.59. The van der Waals surface area contributed by atoms with Gasteiger partial charge in [0.25, 0.3) is 0 Å². The van der Waals surface area contributed by atoms with Crippen molar-refractivity contribution in [3.8, 4) is 0 Å². The lowest BCUT2D eigenvalue weighted by molar-refractivity contribution is -0.130. The van der Waals surface area contributed by atoms with Crippen LogP contribution in [0.4, 0.5) is 0 Å². The molecule has 0 amide bonds. The Balaban J connectivity index is 2.07. The molecule has 3 nitrogen and oxygen atoms in total. The van der Waals surface area contributed by atoms with Crippen molar-refractivity contribution in [1.82, 2.24) is 0 Å². The van der Waals surface area contributed by atoms with E-state index in [9.17, 15) is 13.8 Å². The van der Waals surface area contributed by atoms with Gasteiger partial charge in [0.15, 0.2) is 11.6 Å². The second kappa shape index (κ2) is 6.83. The maximum absolute atomic E-state index is 13.2. The van der Waals surface area contributed by atoms with Crippen molar-refractivity contribution in [3.63, 3.8) is 0 Å². The molecular weight excluding hydrogens is 332 g/mol. The molecule has 1 aromatic rings. The van der Waals surface area contributed by atoms with Gasteiger partial charge in [0.1, 0.15) is 0 Å². The highest BCUT2D eigenvalue weighted by molar-refractivity contribution is 7.90. The summed E-state index contributed by atoms with van der Waals surface area (Å²) < 4.78 is 13.1. The van der Waals surface area contributed by atoms with Gasteiger partial charge in [-0.25, -0.2) is 4.21 Å². The number of ketones is 2. The molecule has 2 aliphatic rings. The summed E-state index contributed by atoms with van der Waals surface area (Å²) in [5.41, 5.74) is 3.93. The highest BCUT2D eigenvalue weighted by Crippen LogP contribution is 2.43. The van der Waals surface area contributed by atoms with E-state index in [0.29, 0.717) is 29.7 Å². The number of hydrogen-bond donors (Lipinski definition) is 0. The van der Waals surface area contributed by atoms with E-state index in [1.54, 1.807) is 12.1 Å². The monoisotopic (exact) mass is 356 g/mol. The van der Waals surface area contributed by atoms with Crippen LogP contribution in [0.5, 0.6) is 0 Å². The fraction of sp³-hybridized carbons (Fsp3) is 0.429. The summed E-state index contributed by atoms with van der Waals surface area (Å²) in [7, 11) is -1.60. The molecule has 0 aliphatic heterocycles. The smallest absolute Gasteiger partial charge is 0.176 e. The molecule has 0 unspecified atom stereocenters. The van der Waals surface area contributed by atoms with Crippen LogP contribution in [0.1, 0.15) is 45.6 Å². The van der Waals surface area contributed by atoms with E-state index in [1.165, 1.54) is 11.1 Å². The summed E-state index contributed by atoms with van der Waals surface area (Å²) >= 11 is 0. The molecular formula is C21H24O3S. The van der Waals surface area contributed by atoms with Crippen molar-refractivity contribution in [1.29, 1.82) is 0 Å². The first-order valence-corrected chi connectivity index (χ1v) is 9.95. The number of hydrogen-bond acceptors (Lipinski definition) is 3. The molecule has 0 N–H and O–H groups in total. The fourth-order valence-corrected chi connectivity index (χ4v) is 5.24.